The van der Waals surface area contributed by atoms with Crippen LogP contribution < -0.4 is 10.1 Å². The van der Waals surface area contributed by atoms with Gasteiger partial charge in [-0.05, 0) is 67.6 Å². The first-order valence-electron chi connectivity index (χ1n) is 8.79. The molecule has 0 bridgehead atoms. The van der Waals surface area contributed by atoms with E-state index in [4.69, 9.17) is 4.74 Å². The minimum atomic E-state index is 0.0451. The molecule has 3 rings (SSSR count). The lowest BCUT2D eigenvalue weighted by atomic mass is 10.1. The first-order chi connectivity index (χ1) is 12.0. The van der Waals surface area contributed by atoms with Gasteiger partial charge < -0.3 is 10.1 Å². The first-order valence-corrected chi connectivity index (χ1v) is 8.79. The molecular formula is C21H26N2O2. The number of ether oxygens (including phenoxy) is 1. The second-order valence-corrected chi connectivity index (χ2v) is 6.83. The van der Waals surface area contributed by atoms with Crippen LogP contribution in [0.2, 0.25) is 0 Å². The molecule has 1 N–H and O–H groups in total. The van der Waals surface area contributed by atoms with Crippen LogP contribution in [0.4, 0.5) is 5.69 Å². The van der Waals surface area contributed by atoms with Crippen LogP contribution in [-0.4, -0.2) is 30.5 Å². The Hall–Kier alpha value is -2.33. The Labute approximate surface area is 149 Å². The summed E-state index contributed by atoms with van der Waals surface area (Å²) in [6.45, 7) is 5.34. The lowest BCUT2D eigenvalue weighted by Crippen LogP contribution is -2.34. The SMILES string of the molecule is COc1ccc(CN(CC(=O)Nc2ccc(C)c(C)c2)C2CC2)cc1. The van der Waals surface area contributed by atoms with Crippen molar-refractivity contribution in [3.8, 4) is 5.75 Å². The third-order valence-electron chi connectivity index (χ3n) is 4.75. The van der Waals surface area contributed by atoms with Gasteiger partial charge in [-0.2, -0.15) is 0 Å². The van der Waals surface area contributed by atoms with Crippen molar-refractivity contribution in [1.82, 2.24) is 4.90 Å². The summed E-state index contributed by atoms with van der Waals surface area (Å²) in [7, 11) is 1.67. The first kappa shape index (κ1) is 17.5. The number of aryl methyl sites for hydroxylation is 2. The van der Waals surface area contributed by atoms with Crippen LogP contribution in [0.25, 0.3) is 0 Å². The summed E-state index contributed by atoms with van der Waals surface area (Å²) in [5, 5.41) is 3.03. The molecule has 1 amide bonds. The molecule has 0 atom stereocenters. The topological polar surface area (TPSA) is 41.6 Å². The molecule has 0 spiro atoms. The van der Waals surface area contributed by atoms with Gasteiger partial charge in [0.15, 0.2) is 0 Å². The summed E-state index contributed by atoms with van der Waals surface area (Å²) in [4.78, 5) is 14.7. The van der Waals surface area contributed by atoms with E-state index in [9.17, 15) is 4.79 Å². The van der Waals surface area contributed by atoms with Crippen LogP contribution >= 0.6 is 0 Å². The molecule has 0 unspecified atom stereocenters. The van der Waals surface area contributed by atoms with E-state index >= 15 is 0 Å². The zero-order valence-corrected chi connectivity index (χ0v) is 15.2. The molecule has 1 aliphatic rings. The quantitative estimate of drug-likeness (QED) is 0.832. The normalized spacial score (nSPS) is 13.8. The highest BCUT2D eigenvalue weighted by Crippen LogP contribution is 2.28. The molecule has 4 nitrogen and oxygen atoms in total. The van der Waals surface area contributed by atoms with E-state index in [2.05, 4.69) is 36.2 Å². The van der Waals surface area contributed by atoms with Gasteiger partial charge in [-0.25, -0.2) is 0 Å². The minimum Gasteiger partial charge on any atom is -0.497 e. The van der Waals surface area contributed by atoms with Crippen LogP contribution in [-0.2, 0) is 11.3 Å². The number of hydrogen-bond acceptors (Lipinski definition) is 3. The summed E-state index contributed by atoms with van der Waals surface area (Å²) in [6, 6.07) is 14.6. The number of nitrogens with one attached hydrogen (secondary N) is 1. The molecule has 0 saturated heterocycles. The second kappa shape index (κ2) is 7.70. The maximum atomic E-state index is 12.5. The fraction of sp³-hybridized carbons (Fsp3) is 0.381. The average Bonchev–Trinajstić information content (AvgIpc) is 3.43. The van der Waals surface area contributed by atoms with E-state index in [1.807, 2.05) is 30.3 Å². The maximum absolute atomic E-state index is 12.5. The molecule has 0 aromatic heterocycles. The van der Waals surface area contributed by atoms with Crippen molar-refractivity contribution in [3.05, 3.63) is 59.2 Å². The van der Waals surface area contributed by atoms with Gasteiger partial charge in [-0.3, -0.25) is 9.69 Å². The van der Waals surface area contributed by atoms with E-state index in [1.165, 1.54) is 29.5 Å². The molecule has 1 aliphatic carbocycles. The third kappa shape index (κ3) is 4.83. The van der Waals surface area contributed by atoms with Crippen molar-refractivity contribution in [2.75, 3.05) is 19.0 Å². The average molecular weight is 338 g/mol. The second-order valence-electron chi connectivity index (χ2n) is 6.83. The highest BCUT2D eigenvalue weighted by atomic mass is 16.5. The molecule has 0 radical (unpaired) electrons. The Balaban J connectivity index is 1.60. The molecule has 1 fully saturated rings. The summed E-state index contributed by atoms with van der Waals surface area (Å²) in [5.74, 6) is 0.901. The number of carbonyl (C=O) groups is 1. The zero-order chi connectivity index (χ0) is 17.8. The minimum absolute atomic E-state index is 0.0451. The fourth-order valence-electron chi connectivity index (χ4n) is 2.92. The molecule has 2 aromatic rings. The predicted octanol–water partition coefficient (Wildman–Crippen LogP) is 3.92. The number of methoxy groups -OCH3 is 1. The van der Waals surface area contributed by atoms with E-state index < -0.39 is 0 Å². The van der Waals surface area contributed by atoms with Crippen molar-refractivity contribution < 1.29 is 9.53 Å². The largest absolute Gasteiger partial charge is 0.497 e. The van der Waals surface area contributed by atoms with Crippen LogP contribution in [0.5, 0.6) is 5.75 Å². The summed E-state index contributed by atoms with van der Waals surface area (Å²) in [6.07, 6.45) is 2.35. The highest BCUT2D eigenvalue weighted by Gasteiger charge is 2.30. The Kier molecular flexibility index (Phi) is 5.39. The fourth-order valence-corrected chi connectivity index (χ4v) is 2.92. The van der Waals surface area contributed by atoms with Gasteiger partial charge in [0.2, 0.25) is 5.91 Å². The van der Waals surface area contributed by atoms with Gasteiger partial charge in [-0.15, -0.1) is 0 Å². The summed E-state index contributed by atoms with van der Waals surface area (Å²) < 4.78 is 5.21. The van der Waals surface area contributed by atoms with Crippen LogP contribution in [0, 0.1) is 13.8 Å². The van der Waals surface area contributed by atoms with Crippen molar-refractivity contribution in [1.29, 1.82) is 0 Å². The van der Waals surface area contributed by atoms with E-state index in [1.54, 1.807) is 7.11 Å². The smallest absolute Gasteiger partial charge is 0.238 e. The third-order valence-corrected chi connectivity index (χ3v) is 4.75. The number of benzene rings is 2. The van der Waals surface area contributed by atoms with Crippen molar-refractivity contribution in [2.45, 2.75) is 39.3 Å². The summed E-state index contributed by atoms with van der Waals surface area (Å²) >= 11 is 0. The van der Waals surface area contributed by atoms with Crippen molar-refractivity contribution in [2.24, 2.45) is 0 Å². The van der Waals surface area contributed by atoms with E-state index in [-0.39, 0.29) is 5.91 Å². The van der Waals surface area contributed by atoms with Gasteiger partial charge in [0.1, 0.15) is 5.75 Å². The standard InChI is InChI=1S/C21H26N2O2/c1-15-4-7-18(12-16(15)2)22-21(24)14-23(19-8-9-19)13-17-5-10-20(25-3)11-6-17/h4-7,10-12,19H,8-9,13-14H2,1-3H3,(H,22,24). The van der Waals surface area contributed by atoms with Gasteiger partial charge in [-0.1, -0.05) is 18.2 Å². The van der Waals surface area contributed by atoms with Gasteiger partial charge >= 0.3 is 0 Å². The maximum Gasteiger partial charge on any atom is 0.238 e. The van der Waals surface area contributed by atoms with E-state index in [0.717, 1.165) is 18.0 Å². The Bertz CT molecular complexity index is 736. The number of rotatable bonds is 7. The van der Waals surface area contributed by atoms with Crippen LogP contribution in [0.3, 0.4) is 0 Å². The summed E-state index contributed by atoms with van der Waals surface area (Å²) in [5.41, 5.74) is 4.49. The number of hydrogen-bond donors (Lipinski definition) is 1. The molecule has 2 aromatic carbocycles. The highest BCUT2D eigenvalue weighted by molar-refractivity contribution is 5.92. The number of carbonyl (C=O) groups excluding carboxylic acids is 1. The van der Waals surface area contributed by atoms with Crippen LogP contribution in [0.1, 0.15) is 29.5 Å². The molecule has 0 aliphatic heterocycles. The molecule has 132 valence electrons. The monoisotopic (exact) mass is 338 g/mol. The van der Waals surface area contributed by atoms with Crippen LogP contribution in [0.15, 0.2) is 42.5 Å². The van der Waals surface area contributed by atoms with E-state index in [0.29, 0.717) is 12.6 Å². The molecule has 25 heavy (non-hydrogen) atoms. The molecule has 0 heterocycles. The zero-order valence-electron chi connectivity index (χ0n) is 15.2. The van der Waals surface area contributed by atoms with Crippen molar-refractivity contribution in [3.63, 3.8) is 0 Å². The molecular weight excluding hydrogens is 312 g/mol. The Morgan fingerprint density at radius 1 is 1.12 bits per heavy atom. The lowest BCUT2D eigenvalue weighted by molar-refractivity contribution is -0.117. The lowest BCUT2D eigenvalue weighted by Gasteiger charge is -2.21. The Morgan fingerprint density at radius 3 is 2.44 bits per heavy atom. The predicted molar refractivity (Wildman–Crippen MR) is 101 cm³/mol. The van der Waals surface area contributed by atoms with Crippen molar-refractivity contribution >= 4 is 11.6 Å². The number of anilines is 1. The number of amides is 1. The molecule has 1 saturated carbocycles. The van der Waals surface area contributed by atoms with Gasteiger partial charge in [0, 0.05) is 18.3 Å². The molecule has 4 heteroatoms. The Morgan fingerprint density at radius 2 is 1.84 bits per heavy atom. The van der Waals surface area contributed by atoms with Gasteiger partial charge in [0.25, 0.3) is 0 Å². The number of nitrogens with zero attached hydrogens (tertiary/aromatic N) is 1. The van der Waals surface area contributed by atoms with Gasteiger partial charge in [0.05, 0.1) is 13.7 Å².